The molecule has 4 aromatic rings. The third kappa shape index (κ3) is 6.32. The predicted molar refractivity (Wildman–Crippen MR) is 152 cm³/mol. The summed E-state index contributed by atoms with van der Waals surface area (Å²) in [5, 5.41) is 15.3. The van der Waals surface area contributed by atoms with Crippen molar-refractivity contribution in [3.05, 3.63) is 105 Å². The molecule has 37 heavy (non-hydrogen) atoms. The Kier molecular flexibility index (Phi) is 8.50. The molecule has 0 fully saturated rings. The van der Waals surface area contributed by atoms with Crippen LogP contribution < -0.4 is 14.8 Å². The minimum absolute atomic E-state index is 0.0626. The zero-order valence-corrected chi connectivity index (χ0v) is 22.7. The van der Waals surface area contributed by atoms with Gasteiger partial charge in [0.1, 0.15) is 18.2 Å². The molecule has 0 aliphatic rings. The van der Waals surface area contributed by atoms with Gasteiger partial charge in [0.15, 0.2) is 11.5 Å². The van der Waals surface area contributed by atoms with Crippen molar-refractivity contribution in [1.29, 1.82) is 5.26 Å². The number of nitriles is 1. The molecule has 0 spiro atoms. The van der Waals surface area contributed by atoms with Gasteiger partial charge in [-0.3, -0.25) is 4.79 Å². The first-order valence-electron chi connectivity index (χ1n) is 11.6. The van der Waals surface area contributed by atoms with Crippen LogP contribution in [0, 0.1) is 18.3 Å². The molecule has 1 amide bonds. The van der Waals surface area contributed by atoms with Crippen LogP contribution in [-0.4, -0.2) is 12.5 Å². The lowest BCUT2D eigenvalue weighted by Crippen LogP contribution is -2.14. The minimum atomic E-state index is -0.533. The largest absolute Gasteiger partial charge is 0.490 e. The first-order valence-corrected chi connectivity index (χ1v) is 12.8. The van der Waals surface area contributed by atoms with Crippen molar-refractivity contribution in [3.8, 4) is 17.6 Å². The van der Waals surface area contributed by atoms with Crippen LogP contribution in [-0.2, 0) is 11.4 Å². The first kappa shape index (κ1) is 26.3. The van der Waals surface area contributed by atoms with E-state index in [-0.39, 0.29) is 5.57 Å². The van der Waals surface area contributed by atoms with Gasteiger partial charge in [0.25, 0.3) is 5.91 Å². The second-order valence-corrected chi connectivity index (χ2v) is 9.52. The summed E-state index contributed by atoms with van der Waals surface area (Å²) >= 11 is 9.70. The van der Waals surface area contributed by atoms with E-state index >= 15 is 0 Å². The fourth-order valence-electron chi connectivity index (χ4n) is 3.77. The van der Waals surface area contributed by atoms with E-state index in [4.69, 9.17) is 21.1 Å². The van der Waals surface area contributed by atoms with Crippen LogP contribution in [0.5, 0.6) is 11.5 Å². The molecule has 0 saturated heterocycles. The molecule has 7 heteroatoms. The smallest absolute Gasteiger partial charge is 0.266 e. The highest BCUT2D eigenvalue weighted by Crippen LogP contribution is 2.36. The highest BCUT2D eigenvalue weighted by molar-refractivity contribution is 9.10. The number of fused-ring (bicyclic) bond motifs is 1. The molecule has 0 saturated carbocycles. The number of benzene rings is 4. The summed E-state index contributed by atoms with van der Waals surface area (Å²) in [4.78, 5) is 12.8. The standard InChI is InChI=1S/C30H24BrClN2O3/c1-3-36-28-15-23(14-24(17-33)30(35)34-27-10-6-9-26(32)19(27)2)25(31)16-29(28)37-18-20-11-12-21-7-4-5-8-22(21)13-20/h4-16H,3,18H2,1-2H3,(H,34,35)/b24-14+. The molecule has 0 radical (unpaired) electrons. The second-order valence-electron chi connectivity index (χ2n) is 8.26. The lowest BCUT2D eigenvalue weighted by molar-refractivity contribution is -0.112. The molecule has 0 heterocycles. The van der Waals surface area contributed by atoms with E-state index in [0.717, 1.165) is 16.5 Å². The maximum atomic E-state index is 12.8. The monoisotopic (exact) mass is 574 g/mol. The number of rotatable bonds is 8. The fourth-order valence-corrected chi connectivity index (χ4v) is 4.38. The molecule has 4 aromatic carbocycles. The Hall–Kier alpha value is -3.79. The van der Waals surface area contributed by atoms with Gasteiger partial charge in [-0.05, 0) is 77.7 Å². The average molecular weight is 576 g/mol. The SMILES string of the molecule is CCOc1cc(/C=C(\C#N)C(=O)Nc2cccc(Cl)c2C)c(Br)cc1OCc1ccc2ccccc2c1. The van der Waals surface area contributed by atoms with Gasteiger partial charge in [-0.25, -0.2) is 0 Å². The summed E-state index contributed by atoms with van der Waals surface area (Å²) in [5.74, 6) is 0.534. The molecule has 0 aromatic heterocycles. The van der Waals surface area contributed by atoms with E-state index in [0.29, 0.717) is 45.5 Å². The van der Waals surface area contributed by atoms with Crippen molar-refractivity contribution in [3.63, 3.8) is 0 Å². The van der Waals surface area contributed by atoms with Gasteiger partial charge in [0.2, 0.25) is 0 Å². The van der Waals surface area contributed by atoms with Crippen molar-refractivity contribution >= 4 is 56.0 Å². The number of hydrogen-bond donors (Lipinski definition) is 1. The van der Waals surface area contributed by atoms with Crippen LogP contribution in [0.15, 0.2) is 82.8 Å². The van der Waals surface area contributed by atoms with Crippen molar-refractivity contribution in [2.45, 2.75) is 20.5 Å². The molecule has 0 aliphatic carbocycles. The summed E-state index contributed by atoms with van der Waals surface area (Å²) < 4.78 is 12.6. The topological polar surface area (TPSA) is 71.3 Å². The molecule has 5 nitrogen and oxygen atoms in total. The van der Waals surface area contributed by atoms with Crippen LogP contribution in [0.25, 0.3) is 16.8 Å². The van der Waals surface area contributed by atoms with Gasteiger partial charge in [-0.2, -0.15) is 5.26 Å². The van der Waals surface area contributed by atoms with Crippen LogP contribution in [0.4, 0.5) is 5.69 Å². The Labute approximate surface area is 229 Å². The van der Waals surface area contributed by atoms with Crippen LogP contribution in [0.2, 0.25) is 5.02 Å². The molecule has 4 rings (SSSR count). The summed E-state index contributed by atoms with van der Waals surface area (Å²) in [6.45, 7) is 4.47. The Balaban J connectivity index is 1.57. The number of carbonyl (C=O) groups is 1. The highest BCUT2D eigenvalue weighted by Gasteiger charge is 2.15. The van der Waals surface area contributed by atoms with Crippen molar-refractivity contribution in [2.75, 3.05) is 11.9 Å². The van der Waals surface area contributed by atoms with E-state index in [1.165, 1.54) is 11.5 Å². The molecular formula is C30H24BrClN2O3. The summed E-state index contributed by atoms with van der Waals surface area (Å²) in [6.07, 6.45) is 1.51. The van der Waals surface area contributed by atoms with E-state index < -0.39 is 5.91 Å². The summed E-state index contributed by atoms with van der Waals surface area (Å²) in [7, 11) is 0. The number of anilines is 1. The van der Waals surface area contributed by atoms with E-state index in [1.54, 1.807) is 37.3 Å². The Morgan fingerprint density at radius 1 is 1.03 bits per heavy atom. The Morgan fingerprint density at radius 2 is 1.78 bits per heavy atom. The minimum Gasteiger partial charge on any atom is -0.490 e. The predicted octanol–water partition coefficient (Wildman–Crippen LogP) is 8.09. The molecule has 0 aliphatic heterocycles. The first-order chi connectivity index (χ1) is 17.9. The number of ether oxygens (including phenoxy) is 2. The Bertz CT molecular complexity index is 1540. The third-order valence-corrected chi connectivity index (χ3v) is 6.85. The van der Waals surface area contributed by atoms with E-state index in [1.807, 2.05) is 31.2 Å². The van der Waals surface area contributed by atoms with E-state index in [9.17, 15) is 10.1 Å². The second kappa shape index (κ2) is 12.0. The lowest BCUT2D eigenvalue weighted by Gasteiger charge is -2.15. The maximum Gasteiger partial charge on any atom is 0.266 e. The third-order valence-electron chi connectivity index (χ3n) is 5.75. The van der Waals surface area contributed by atoms with Gasteiger partial charge in [-0.15, -0.1) is 0 Å². The number of nitrogens with zero attached hydrogens (tertiary/aromatic N) is 1. The molecular weight excluding hydrogens is 552 g/mol. The fraction of sp³-hybridized carbons (Fsp3) is 0.133. The van der Waals surface area contributed by atoms with Gasteiger partial charge in [0, 0.05) is 15.2 Å². The van der Waals surface area contributed by atoms with Crippen LogP contribution in [0.1, 0.15) is 23.6 Å². The zero-order valence-electron chi connectivity index (χ0n) is 20.3. The lowest BCUT2D eigenvalue weighted by atomic mass is 10.1. The molecule has 0 unspecified atom stereocenters. The van der Waals surface area contributed by atoms with Crippen molar-refractivity contribution in [1.82, 2.24) is 0 Å². The molecule has 0 bridgehead atoms. The van der Waals surface area contributed by atoms with Crippen LogP contribution in [0.3, 0.4) is 0 Å². The number of halogens is 2. The number of amides is 1. The van der Waals surface area contributed by atoms with Gasteiger partial charge in [0.05, 0.1) is 6.61 Å². The Morgan fingerprint density at radius 3 is 2.54 bits per heavy atom. The summed E-state index contributed by atoms with van der Waals surface area (Å²) in [6, 6.07) is 25.1. The van der Waals surface area contributed by atoms with Crippen molar-refractivity contribution < 1.29 is 14.3 Å². The quantitative estimate of drug-likeness (QED) is 0.170. The van der Waals surface area contributed by atoms with Crippen molar-refractivity contribution in [2.24, 2.45) is 0 Å². The number of carbonyl (C=O) groups excluding carboxylic acids is 1. The number of nitrogens with one attached hydrogen (secondary N) is 1. The van der Waals surface area contributed by atoms with Gasteiger partial charge in [-0.1, -0.05) is 70.0 Å². The molecule has 186 valence electrons. The van der Waals surface area contributed by atoms with Gasteiger partial charge < -0.3 is 14.8 Å². The normalized spacial score (nSPS) is 11.2. The molecule has 0 atom stereocenters. The van der Waals surface area contributed by atoms with E-state index in [2.05, 4.69) is 45.5 Å². The number of hydrogen-bond acceptors (Lipinski definition) is 4. The maximum absolute atomic E-state index is 12.8. The zero-order chi connectivity index (χ0) is 26.4. The molecule has 1 N–H and O–H groups in total. The highest BCUT2D eigenvalue weighted by atomic mass is 79.9. The van der Waals surface area contributed by atoms with Gasteiger partial charge >= 0.3 is 0 Å². The summed E-state index contributed by atoms with van der Waals surface area (Å²) in [5.41, 5.74) is 2.84. The average Bonchev–Trinajstić information content (AvgIpc) is 2.90. The van der Waals surface area contributed by atoms with Crippen LogP contribution >= 0.6 is 27.5 Å².